The van der Waals surface area contributed by atoms with E-state index in [0.29, 0.717) is 0 Å². The third kappa shape index (κ3) is 2.24. The van der Waals surface area contributed by atoms with Gasteiger partial charge in [0.15, 0.2) is 0 Å². The zero-order valence-electron chi connectivity index (χ0n) is 6.91. The standard InChI is InChI=1S/C8H4N4O2/c9-5-14-7-3-1-2-6(4-7)8(13)11-12-10/h1-4H. The lowest BCUT2D eigenvalue weighted by molar-refractivity contribution is 0.1000. The van der Waals surface area contributed by atoms with Crippen LogP contribution in [0.15, 0.2) is 29.4 Å². The summed E-state index contributed by atoms with van der Waals surface area (Å²) in [6, 6.07) is 5.81. The Bertz CT molecular complexity index is 443. The smallest absolute Gasteiger partial charge is 0.292 e. The minimum Gasteiger partial charge on any atom is -0.388 e. The number of nitrogens with zero attached hydrogens (tertiary/aromatic N) is 4. The van der Waals surface area contributed by atoms with Crippen LogP contribution in [0.2, 0.25) is 0 Å². The second-order valence-corrected chi connectivity index (χ2v) is 2.22. The predicted molar refractivity (Wildman–Crippen MR) is 46.2 cm³/mol. The molecule has 0 aromatic heterocycles. The molecule has 0 aliphatic heterocycles. The Morgan fingerprint density at radius 2 is 2.43 bits per heavy atom. The van der Waals surface area contributed by atoms with Crippen LogP contribution in [-0.4, -0.2) is 5.91 Å². The first-order valence-electron chi connectivity index (χ1n) is 3.53. The van der Waals surface area contributed by atoms with Gasteiger partial charge in [-0.2, -0.15) is 0 Å². The van der Waals surface area contributed by atoms with Gasteiger partial charge in [0, 0.05) is 10.5 Å². The van der Waals surface area contributed by atoms with Crippen molar-refractivity contribution in [2.75, 3.05) is 0 Å². The molecule has 14 heavy (non-hydrogen) atoms. The van der Waals surface area contributed by atoms with Crippen molar-refractivity contribution in [1.29, 1.82) is 5.26 Å². The highest BCUT2D eigenvalue weighted by Gasteiger charge is 2.03. The summed E-state index contributed by atoms with van der Waals surface area (Å²) in [4.78, 5) is 13.4. The maximum absolute atomic E-state index is 11.0. The van der Waals surface area contributed by atoms with Gasteiger partial charge in [0.05, 0.1) is 0 Å². The van der Waals surface area contributed by atoms with Crippen molar-refractivity contribution in [2.45, 2.75) is 0 Å². The fourth-order valence-corrected chi connectivity index (χ4v) is 0.844. The topological polar surface area (TPSA) is 98.8 Å². The average molecular weight is 188 g/mol. The van der Waals surface area contributed by atoms with Crippen LogP contribution in [-0.2, 0) is 0 Å². The van der Waals surface area contributed by atoms with E-state index >= 15 is 0 Å². The van der Waals surface area contributed by atoms with Crippen molar-refractivity contribution in [3.05, 3.63) is 40.3 Å². The number of hydrogen-bond acceptors (Lipinski definition) is 3. The van der Waals surface area contributed by atoms with Gasteiger partial charge in [-0.1, -0.05) is 12.1 Å². The minimum atomic E-state index is -0.712. The summed E-state index contributed by atoms with van der Waals surface area (Å²) in [5.74, 6) is -0.484. The van der Waals surface area contributed by atoms with Crippen molar-refractivity contribution in [2.24, 2.45) is 5.11 Å². The summed E-state index contributed by atoms with van der Waals surface area (Å²) < 4.78 is 4.49. The zero-order valence-corrected chi connectivity index (χ0v) is 6.91. The molecule has 6 heteroatoms. The van der Waals surface area contributed by atoms with Crippen LogP contribution < -0.4 is 4.74 Å². The Morgan fingerprint density at radius 3 is 3.07 bits per heavy atom. The fraction of sp³-hybridized carbons (Fsp3) is 0. The number of nitriles is 1. The van der Waals surface area contributed by atoms with E-state index in [2.05, 4.69) is 14.8 Å². The van der Waals surface area contributed by atoms with Crippen LogP contribution >= 0.6 is 0 Å². The molecule has 0 aliphatic carbocycles. The number of rotatable bonds is 2. The van der Waals surface area contributed by atoms with Gasteiger partial charge in [-0.15, -0.1) is 5.26 Å². The Hall–Kier alpha value is -2.51. The second-order valence-electron chi connectivity index (χ2n) is 2.22. The third-order valence-corrected chi connectivity index (χ3v) is 1.38. The molecule has 0 saturated heterocycles. The van der Waals surface area contributed by atoms with Crippen LogP contribution in [0.5, 0.6) is 5.75 Å². The lowest BCUT2D eigenvalue weighted by atomic mass is 10.2. The molecule has 0 radical (unpaired) electrons. The molecule has 1 aromatic rings. The minimum absolute atomic E-state index is 0.176. The fourth-order valence-electron chi connectivity index (χ4n) is 0.844. The number of hydrogen-bond donors (Lipinski definition) is 0. The molecule has 0 heterocycles. The van der Waals surface area contributed by atoms with E-state index in [9.17, 15) is 4.79 Å². The normalized spacial score (nSPS) is 8.21. The molecule has 68 valence electrons. The number of amides is 1. The Balaban J connectivity index is 3.00. The molecule has 0 N–H and O–H groups in total. The molecule has 0 fully saturated rings. The monoisotopic (exact) mass is 188 g/mol. The van der Waals surface area contributed by atoms with Gasteiger partial charge in [-0.25, -0.2) is 0 Å². The van der Waals surface area contributed by atoms with E-state index in [1.165, 1.54) is 30.5 Å². The van der Waals surface area contributed by atoms with Crippen molar-refractivity contribution >= 4 is 5.91 Å². The molecule has 1 aromatic carbocycles. The van der Waals surface area contributed by atoms with Crippen LogP contribution in [0.25, 0.3) is 10.4 Å². The van der Waals surface area contributed by atoms with Gasteiger partial charge in [0.25, 0.3) is 6.26 Å². The van der Waals surface area contributed by atoms with Gasteiger partial charge in [-0.05, 0) is 22.8 Å². The summed E-state index contributed by atoms with van der Waals surface area (Å²) >= 11 is 0. The first-order valence-corrected chi connectivity index (χ1v) is 3.53. The lowest BCUT2D eigenvalue weighted by Crippen LogP contribution is -1.93. The predicted octanol–water partition coefficient (Wildman–Crippen LogP) is 2.00. The summed E-state index contributed by atoms with van der Waals surface area (Å²) in [6.45, 7) is 0. The first kappa shape index (κ1) is 9.58. The zero-order chi connectivity index (χ0) is 10.4. The molecular formula is C8H4N4O2. The quantitative estimate of drug-likeness (QED) is 0.307. The SMILES string of the molecule is N#COc1cccc(C(=O)N=[N+]=[N-])c1. The number of ether oxygens (including phenoxy) is 1. The largest absolute Gasteiger partial charge is 0.388 e. The average Bonchev–Trinajstić information content (AvgIpc) is 2.19. The van der Waals surface area contributed by atoms with Crippen LogP contribution in [0, 0.1) is 11.5 Å². The molecule has 0 atom stereocenters. The Kier molecular flexibility index (Phi) is 3.08. The Labute approximate surface area is 79.0 Å². The van der Waals surface area contributed by atoms with E-state index in [1.807, 2.05) is 0 Å². The van der Waals surface area contributed by atoms with Crippen LogP contribution in [0.4, 0.5) is 0 Å². The van der Waals surface area contributed by atoms with Crippen molar-refractivity contribution in [3.8, 4) is 12.0 Å². The maximum atomic E-state index is 11.0. The highest BCUT2D eigenvalue weighted by Crippen LogP contribution is 2.13. The number of benzene rings is 1. The third-order valence-electron chi connectivity index (χ3n) is 1.38. The molecule has 6 nitrogen and oxygen atoms in total. The van der Waals surface area contributed by atoms with Crippen molar-refractivity contribution < 1.29 is 9.53 Å². The van der Waals surface area contributed by atoms with E-state index in [4.69, 9.17) is 10.8 Å². The molecule has 0 unspecified atom stereocenters. The molecule has 0 saturated carbocycles. The number of carbonyl (C=O) groups is 1. The van der Waals surface area contributed by atoms with Gasteiger partial charge in [0.1, 0.15) is 5.75 Å². The first-order chi connectivity index (χ1) is 6.77. The highest BCUT2D eigenvalue weighted by molar-refractivity contribution is 5.95. The number of carbonyl (C=O) groups excluding carboxylic acids is 1. The van der Waals surface area contributed by atoms with Crippen LogP contribution in [0.3, 0.4) is 0 Å². The maximum Gasteiger partial charge on any atom is 0.292 e. The molecule has 1 rings (SSSR count). The molecule has 0 bridgehead atoms. The van der Waals surface area contributed by atoms with Gasteiger partial charge in [-0.3, -0.25) is 4.79 Å². The van der Waals surface area contributed by atoms with Gasteiger partial charge < -0.3 is 4.74 Å². The summed E-state index contributed by atoms with van der Waals surface area (Å²) in [5, 5.41) is 11.1. The van der Waals surface area contributed by atoms with Crippen molar-refractivity contribution in [3.63, 3.8) is 0 Å². The van der Waals surface area contributed by atoms with Crippen molar-refractivity contribution in [1.82, 2.24) is 0 Å². The number of azide groups is 1. The van der Waals surface area contributed by atoms with E-state index in [1.54, 1.807) is 0 Å². The summed E-state index contributed by atoms with van der Waals surface area (Å²) in [6.07, 6.45) is 1.47. The molecular weight excluding hydrogens is 184 g/mol. The molecule has 0 spiro atoms. The summed E-state index contributed by atoms with van der Waals surface area (Å²) in [7, 11) is 0. The van der Waals surface area contributed by atoms with E-state index in [0.717, 1.165) is 0 Å². The van der Waals surface area contributed by atoms with E-state index in [-0.39, 0.29) is 11.3 Å². The highest BCUT2D eigenvalue weighted by atomic mass is 16.5. The molecule has 1 amide bonds. The summed E-state index contributed by atoms with van der Waals surface area (Å²) in [5.41, 5.74) is 8.20. The van der Waals surface area contributed by atoms with Gasteiger partial charge in [0.2, 0.25) is 5.91 Å². The lowest BCUT2D eigenvalue weighted by Gasteiger charge is -1.97. The van der Waals surface area contributed by atoms with Gasteiger partial charge >= 0.3 is 0 Å². The second kappa shape index (κ2) is 4.50. The molecule has 0 aliphatic rings. The van der Waals surface area contributed by atoms with Crippen LogP contribution in [0.1, 0.15) is 10.4 Å². The van der Waals surface area contributed by atoms with E-state index < -0.39 is 5.91 Å². The Morgan fingerprint density at radius 1 is 1.64 bits per heavy atom.